The van der Waals surface area contributed by atoms with Crippen LogP contribution in [0.15, 0.2) is 0 Å². The Morgan fingerprint density at radius 1 is 1.05 bits per heavy atom. The fourth-order valence-corrected chi connectivity index (χ4v) is 4.96. The van der Waals surface area contributed by atoms with Crippen LogP contribution in [0.3, 0.4) is 0 Å². The quantitative estimate of drug-likeness (QED) is 0.860. The molecule has 5 unspecified atom stereocenters. The van der Waals surface area contributed by atoms with Gasteiger partial charge in [-0.1, -0.05) is 13.8 Å². The summed E-state index contributed by atoms with van der Waals surface area (Å²) >= 11 is 0. The molecule has 0 aromatic carbocycles. The van der Waals surface area contributed by atoms with Crippen LogP contribution < -0.4 is 5.32 Å². The first-order chi connectivity index (χ1) is 10.2. The minimum atomic E-state index is 0.739. The molecule has 0 aromatic rings. The lowest BCUT2D eigenvalue weighted by Crippen LogP contribution is -2.55. The van der Waals surface area contributed by atoms with Crippen LogP contribution in [0, 0.1) is 5.92 Å². The van der Waals surface area contributed by atoms with Gasteiger partial charge < -0.3 is 5.32 Å². The zero-order valence-corrected chi connectivity index (χ0v) is 14.4. The summed E-state index contributed by atoms with van der Waals surface area (Å²) in [6.45, 7) is 8.57. The molecule has 1 saturated carbocycles. The number of hydrogen-bond donors (Lipinski definition) is 1. The maximum absolute atomic E-state index is 3.86. The number of likely N-dealkylation sites (tertiary alicyclic amines) is 1. The summed E-state index contributed by atoms with van der Waals surface area (Å²) in [5, 5.41) is 3.86. The summed E-state index contributed by atoms with van der Waals surface area (Å²) in [6, 6.07) is 3.21. The van der Waals surface area contributed by atoms with Gasteiger partial charge in [-0.2, -0.15) is 0 Å². The molecule has 3 heteroatoms. The zero-order chi connectivity index (χ0) is 14.8. The molecular weight excluding hydrogens is 258 g/mol. The second-order valence-electron chi connectivity index (χ2n) is 7.88. The molecule has 2 bridgehead atoms. The molecule has 2 aliphatic heterocycles. The van der Waals surface area contributed by atoms with Gasteiger partial charge in [0.25, 0.3) is 0 Å². The molecule has 3 nitrogen and oxygen atoms in total. The maximum atomic E-state index is 3.86. The molecule has 0 aromatic heterocycles. The van der Waals surface area contributed by atoms with Gasteiger partial charge in [-0.3, -0.25) is 9.80 Å². The molecule has 0 amide bonds. The Kier molecular flexibility index (Phi) is 5.23. The largest absolute Gasteiger partial charge is 0.312 e. The van der Waals surface area contributed by atoms with Gasteiger partial charge in [-0.25, -0.2) is 0 Å². The summed E-state index contributed by atoms with van der Waals surface area (Å²) in [6.07, 6.45) is 9.71. The topological polar surface area (TPSA) is 18.5 Å². The summed E-state index contributed by atoms with van der Waals surface area (Å²) in [7, 11) is 2.36. The van der Waals surface area contributed by atoms with Crippen molar-refractivity contribution < 1.29 is 0 Å². The molecule has 5 atom stereocenters. The van der Waals surface area contributed by atoms with E-state index in [1.54, 1.807) is 0 Å². The fraction of sp³-hybridized carbons (Fsp3) is 1.00. The van der Waals surface area contributed by atoms with Gasteiger partial charge >= 0.3 is 0 Å². The molecule has 0 spiro atoms. The molecular formula is C18H35N3. The van der Waals surface area contributed by atoms with Gasteiger partial charge in [0.15, 0.2) is 0 Å². The molecule has 1 aliphatic carbocycles. The van der Waals surface area contributed by atoms with Gasteiger partial charge in [0.05, 0.1) is 0 Å². The highest BCUT2D eigenvalue weighted by molar-refractivity contribution is 4.97. The van der Waals surface area contributed by atoms with Crippen molar-refractivity contribution in [2.75, 3.05) is 26.7 Å². The van der Waals surface area contributed by atoms with E-state index in [0.717, 1.165) is 30.1 Å². The Morgan fingerprint density at radius 3 is 2.67 bits per heavy atom. The Balaban J connectivity index is 1.67. The van der Waals surface area contributed by atoms with Gasteiger partial charge in [0, 0.05) is 37.3 Å². The molecule has 2 heterocycles. The third-order valence-corrected chi connectivity index (χ3v) is 6.38. The first-order valence-corrected chi connectivity index (χ1v) is 9.38. The number of nitrogens with zero attached hydrogens (tertiary/aromatic N) is 2. The summed E-state index contributed by atoms with van der Waals surface area (Å²) in [5.41, 5.74) is 0. The van der Waals surface area contributed by atoms with E-state index in [4.69, 9.17) is 0 Å². The van der Waals surface area contributed by atoms with Gasteiger partial charge in [-0.15, -0.1) is 0 Å². The van der Waals surface area contributed by atoms with Gasteiger partial charge in [0.1, 0.15) is 0 Å². The van der Waals surface area contributed by atoms with Gasteiger partial charge in [0.2, 0.25) is 0 Å². The fourth-order valence-electron chi connectivity index (χ4n) is 4.96. The Bertz CT molecular complexity index is 330. The molecule has 3 aliphatic rings. The summed E-state index contributed by atoms with van der Waals surface area (Å²) in [4.78, 5) is 5.55. The third-order valence-electron chi connectivity index (χ3n) is 6.38. The van der Waals surface area contributed by atoms with Crippen molar-refractivity contribution in [2.45, 2.75) is 83.0 Å². The van der Waals surface area contributed by atoms with Crippen LogP contribution in [0.25, 0.3) is 0 Å². The second-order valence-corrected chi connectivity index (χ2v) is 7.88. The van der Waals surface area contributed by atoms with Crippen molar-refractivity contribution in [1.29, 1.82) is 0 Å². The highest BCUT2D eigenvalue weighted by Crippen LogP contribution is 2.33. The van der Waals surface area contributed by atoms with Crippen molar-refractivity contribution in [3.05, 3.63) is 0 Å². The van der Waals surface area contributed by atoms with E-state index in [1.807, 2.05) is 0 Å². The van der Waals surface area contributed by atoms with Crippen LogP contribution in [-0.2, 0) is 0 Å². The van der Waals surface area contributed by atoms with Crippen LogP contribution in [0.2, 0.25) is 0 Å². The second kappa shape index (κ2) is 6.97. The van der Waals surface area contributed by atoms with E-state index in [1.165, 1.54) is 64.6 Å². The first-order valence-electron chi connectivity index (χ1n) is 9.38. The standard InChI is InChI=1S/C18H35N3/c1-4-10-19-17-8-5-14(2)12-18(17)21-11-9-15-6-7-16(13-21)20(15)3/h14-19H,4-13H2,1-3H3. The smallest absolute Gasteiger partial charge is 0.0252 e. The van der Waals surface area contributed by atoms with Crippen molar-refractivity contribution in [1.82, 2.24) is 15.1 Å². The summed E-state index contributed by atoms with van der Waals surface area (Å²) < 4.78 is 0. The lowest BCUT2D eigenvalue weighted by Gasteiger charge is -2.43. The SMILES string of the molecule is CCCNC1CCC(C)CC1N1CCC2CCC(C1)N2C. The minimum absolute atomic E-state index is 0.739. The predicted octanol–water partition coefficient (Wildman–Crippen LogP) is 2.71. The van der Waals surface area contributed by atoms with E-state index in [2.05, 4.69) is 36.0 Å². The lowest BCUT2D eigenvalue weighted by atomic mass is 9.82. The number of hydrogen-bond acceptors (Lipinski definition) is 3. The first kappa shape index (κ1) is 15.8. The highest BCUT2D eigenvalue weighted by atomic mass is 15.3. The van der Waals surface area contributed by atoms with Crippen LogP contribution in [-0.4, -0.2) is 60.6 Å². The Hall–Kier alpha value is -0.120. The van der Waals surface area contributed by atoms with E-state index < -0.39 is 0 Å². The van der Waals surface area contributed by atoms with Crippen LogP contribution in [0.4, 0.5) is 0 Å². The number of likely N-dealkylation sites (N-methyl/N-ethyl adjacent to an activating group) is 1. The van der Waals surface area contributed by atoms with Crippen molar-refractivity contribution >= 4 is 0 Å². The van der Waals surface area contributed by atoms with Crippen LogP contribution in [0.1, 0.15) is 58.8 Å². The minimum Gasteiger partial charge on any atom is -0.312 e. The van der Waals surface area contributed by atoms with E-state index in [-0.39, 0.29) is 0 Å². The molecule has 122 valence electrons. The number of nitrogens with one attached hydrogen (secondary N) is 1. The molecule has 2 saturated heterocycles. The monoisotopic (exact) mass is 293 g/mol. The van der Waals surface area contributed by atoms with Crippen LogP contribution >= 0.6 is 0 Å². The normalized spacial score (nSPS) is 42.1. The van der Waals surface area contributed by atoms with Crippen molar-refractivity contribution in [3.63, 3.8) is 0 Å². The molecule has 1 N–H and O–H groups in total. The number of fused-ring (bicyclic) bond motifs is 2. The van der Waals surface area contributed by atoms with Crippen molar-refractivity contribution in [2.24, 2.45) is 5.92 Å². The van der Waals surface area contributed by atoms with E-state index >= 15 is 0 Å². The molecule has 0 radical (unpaired) electrons. The molecule has 21 heavy (non-hydrogen) atoms. The van der Waals surface area contributed by atoms with E-state index in [0.29, 0.717) is 0 Å². The third kappa shape index (κ3) is 3.46. The summed E-state index contributed by atoms with van der Waals surface area (Å²) in [5.74, 6) is 0.910. The Labute approximate surface area is 131 Å². The maximum Gasteiger partial charge on any atom is 0.0252 e. The van der Waals surface area contributed by atoms with Crippen LogP contribution in [0.5, 0.6) is 0 Å². The van der Waals surface area contributed by atoms with E-state index in [9.17, 15) is 0 Å². The molecule has 3 rings (SSSR count). The van der Waals surface area contributed by atoms with Crippen molar-refractivity contribution in [3.8, 4) is 0 Å². The Morgan fingerprint density at radius 2 is 1.86 bits per heavy atom. The van der Waals surface area contributed by atoms with Gasteiger partial charge in [-0.05, 0) is 64.5 Å². The average Bonchev–Trinajstić information content (AvgIpc) is 2.71. The number of rotatable bonds is 4. The lowest BCUT2D eigenvalue weighted by molar-refractivity contribution is 0.0915. The predicted molar refractivity (Wildman–Crippen MR) is 89.6 cm³/mol. The average molecular weight is 293 g/mol. The molecule has 3 fully saturated rings. The highest BCUT2D eigenvalue weighted by Gasteiger charge is 2.39. The zero-order valence-electron chi connectivity index (χ0n) is 14.4.